The summed E-state index contributed by atoms with van der Waals surface area (Å²) < 4.78 is 16.6. The highest BCUT2D eigenvalue weighted by Crippen LogP contribution is 2.47. The van der Waals surface area contributed by atoms with Crippen LogP contribution in [0.15, 0.2) is 42.7 Å². The predicted molar refractivity (Wildman–Crippen MR) is 107 cm³/mol. The number of carbonyl (C=O) groups is 2. The number of pyridine rings is 1. The van der Waals surface area contributed by atoms with Crippen LogP contribution >= 0.6 is 0 Å². The van der Waals surface area contributed by atoms with Gasteiger partial charge >= 0.3 is 5.97 Å². The third-order valence-corrected chi connectivity index (χ3v) is 5.52. The molecule has 2 aliphatic rings. The molecule has 158 valence electrons. The molecule has 2 aliphatic heterocycles. The van der Waals surface area contributed by atoms with Crippen LogP contribution in [0.1, 0.15) is 29.9 Å². The van der Waals surface area contributed by atoms with Gasteiger partial charge in [0, 0.05) is 29.6 Å². The van der Waals surface area contributed by atoms with Crippen molar-refractivity contribution in [3.05, 3.63) is 53.9 Å². The number of carbonyl (C=O) groups excluding carboxylic acids is 2. The molecule has 0 aliphatic carbocycles. The van der Waals surface area contributed by atoms with Crippen LogP contribution in [0, 0.1) is 0 Å². The fraction of sp³-hybridized carbons (Fsp3) is 0.409. The number of aromatic nitrogens is 1. The van der Waals surface area contributed by atoms with Crippen LogP contribution < -0.4 is 10.1 Å². The third kappa shape index (κ3) is 4.29. The maximum absolute atomic E-state index is 12.4. The Morgan fingerprint density at radius 2 is 2.07 bits per heavy atom. The number of amides is 1. The van der Waals surface area contributed by atoms with Crippen molar-refractivity contribution in [2.45, 2.75) is 43.5 Å². The van der Waals surface area contributed by atoms with Gasteiger partial charge in [0.05, 0.1) is 32.7 Å². The van der Waals surface area contributed by atoms with Gasteiger partial charge in [0.1, 0.15) is 18.0 Å². The molecule has 0 spiro atoms. The highest BCUT2D eigenvalue weighted by molar-refractivity contribution is 5.92. The SMILES string of the molecule is COC(=O)C[C@@H]1C[C@@H]2c3cc(NC(=O)Cc4ccncc4)ccc3O[C@@H]2[C@H](CO)O1. The van der Waals surface area contributed by atoms with Crippen molar-refractivity contribution in [3.63, 3.8) is 0 Å². The number of hydrogen-bond acceptors (Lipinski definition) is 7. The molecule has 3 heterocycles. The number of rotatable bonds is 6. The molecule has 4 atom stereocenters. The molecule has 4 rings (SSSR count). The molecular weight excluding hydrogens is 388 g/mol. The second-order valence-electron chi connectivity index (χ2n) is 7.52. The lowest BCUT2D eigenvalue weighted by atomic mass is 9.84. The van der Waals surface area contributed by atoms with Gasteiger partial charge in [-0.1, -0.05) is 0 Å². The summed E-state index contributed by atoms with van der Waals surface area (Å²) in [5.41, 5.74) is 2.50. The molecule has 1 aromatic heterocycles. The molecule has 0 saturated carbocycles. The monoisotopic (exact) mass is 412 g/mol. The van der Waals surface area contributed by atoms with Gasteiger partial charge in [-0.3, -0.25) is 14.6 Å². The van der Waals surface area contributed by atoms with Crippen LogP contribution in [0.3, 0.4) is 0 Å². The van der Waals surface area contributed by atoms with Gasteiger partial charge in [-0.05, 0) is 42.3 Å². The minimum Gasteiger partial charge on any atom is -0.487 e. The molecule has 1 amide bonds. The molecule has 1 aromatic carbocycles. The van der Waals surface area contributed by atoms with Crippen LogP contribution in [-0.2, 0) is 25.5 Å². The van der Waals surface area contributed by atoms with E-state index in [4.69, 9.17) is 14.2 Å². The fourth-order valence-corrected chi connectivity index (χ4v) is 4.13. The standard InChI is InChI=1S/C22H24N2O6/c1-28-21(27)11-15-10-17-16-9-14(24-20(26)8-13-4-6-23-7-5-13)2-3-18(16)30-22(17)19(12-25)29-15/h2-7,9,15,17,19,22,25H,8,10-12H2,1H3,(H,24,26)/t15-,17+,19-,22-/m0/s1. The zero-order chi connectivity index (χ0) is 21.1. The Labute approximate surface area is 174 Å². The van der Waals surface area contributed by atoms with Gasteiger partial charge in [0.25, 0.3) is 0 Å². The molecule has 1 fully saturated rings. The van der Waals surface area contributed by atoms with Crippen molar-refractivity contribution >= 4 is 17.6 Å². The lowest BCUT2D eigenvalue weighted by molar-refractivity contribution is -0.156. The number of esters is 1. The molecule has 0 bridgehead atoms. The Morgan fingerprint density at radius 1 is 1.27 bits per heavy atom. The third-order valence-electron chi connectivity index (χ3n) is 5.52. The predicted octanol–water partition coefficient (Wildman–Crippen LogP) is 1.82. The largest absolute Gasteiger partial charge is 0.487 e. The number of ether oxygens (including phenoxy) is 3. The summed E-state index contributed by atoms with van der Waals surface area (Å²) in [5.74, 6) is 0.183. The molecule has 0 unspecified atom stereocenters. The first kappa shape index (κ1) is 20.3. The van der Waals surface area contributed by atoms with Crippen molar-refractivity contribution in [2.75, 3.05) is 19.0 Å². The van der Waals surface area contributed by atoms with Crippen molar-refractivity contribution in [1.29, 1.82) is 0 Å². The summed E-state index contributed by atoms with van der Waals surface area (Å²) in [5, 5.41) is 12.7. The first-order valence-corrected chi connectivity index (χ1v) is 9.90. The van der Waals surface area contributed by atoms with E-state index in [2.05, 4.69) is 10.3 Å². The number of nitrogens with zero attached hydrogens (tertiary/aromatic N) is 1. The van der Waals surface area contributed by atoms with E-state index in [1.807, 2.05) is 12.1 Å². The summed E-state index contributed by atoms with van der Waals surface area (Å²) in [4.78, 5) is 28.0. The second kappa shape index (κ2) is 8.81. The van der Waals surface area contributed by atoms with Crippen molar-refractivity contribution < 1.29 is 28.9 Å². The van der Waals surface area contributed by atoms with Crippen LogP contribution in [-0.4, -0.2) is 54.0 Å². The quantitative estimate of drug-likeness (QED) is 0.697. The number of anilines is 1. The van der Waals surface area contributed by atoms with Gasteiger partial charge in [0.15, 0.2) is 0 Å². The van der Waals surface area contributed by atoms with E-state index in [9.17, 15) is 14.7 Å². The van der Waals surface area contributed by atoms with Gasteiger partial charge in [-0.2, -0.15) is 0 Å². The minimum atomic E-state index is -0.532. The van der Waals surface area contributed by atoms with Gasteiger partial charge < -0.3 is 24.6 Å². The Balaban J connectivity index is 1.49. The van der Waals surface area contributed by atoms with Crippen LogP contribution in [0.4, 0.5) is 5.69 Å². The van der Waals surface area contributed by atoms with Crippen LogP contribution in [0.5, 0.6) is 5.75 Å². The van der Waals surface area contributed by atoms with Gasteiger partial charge in [-0.25, -0.2) is 0 Å². The zero-order valence-electron chi connectivity index (χ0n) is 16.6. The summed E-state index contributed by atoms with van der Waals surface area (Å²) in [7, 11) is 1.34. The Kier molecular flexibility index (Phi) is 5.96. The summed E-state index contributed by atoms with van der Waals surface area (Å²) in [6.07, 6.45) is 3.02. The van der Waals surface area contributed by atoms with Crippen molar-refractivity contribution in [2.24, 2.45) is 0 Å². The average Bonchev–Trinajstić information content (AvgIpc) is 3.11. The Morgan fingerprint density at radius 3 is 2.80 bits per heavy atom. The number of benzene rings is 1. The smallest absolute Gasteiger partial charge is 0.308 e. The second-order valence-corrected chi connectivity index (χ2v) is 7.52. The summed E-state index contributed by atoms with van der Waals surface area (Å²) >= 11 is 0. The van der Waals surface area contributed by atoms with Crippen LogP contribution in [0.25, 0.3) is 0 Å². The van der Waals surface area contributed by atoms with E-state index in [-0.39, 0.29) is 49.5 Å². The minimum absolute atomic E-state index is 0.0439. The highest BCUT2D eigenvalue weighted by Gasteiger charge is 2.46. The van der Waals surface area contributed by atoms with E-state index in [1.54, 1.807) is 30.6 Å². The molecule has 2 N–H and O–H groups in total. The van der Waals surface area contributed by atoms with Crippen molar-refractivity contribution in [3.8, 4) is 5.75 Å². The number of methoxy groups -OCH3 is 1. The molecule has 2 aromatic rings. The van der Waals surface area contributed by atoms with E-state index in [0.717, 1.165) is 11.1 Å². The topological polar surface area (TPSA) is 107 Å². The number of aliphatic hydroxyl groups is 1. The molecular formula is C22H24N2O6. The first-order valence-electron chi connectivity index (χ1n) is 9.90. The summed E-state index contributed by atoms with van der Waals surface area (Å²) in [6, 6.07) is 9.12. The number of nitrogens with one attached hydrogen (secondary N) is 1. The van der Waals surface area contributed by atoms with E-state index in [1.165, 1.54) is 7.11 Å². The van der Waals surface area contributed by atoms with E-state index in [0.29, 0.717) is 17.9 Å². The number of fused-ring (bicyclic) bond motifs is 3. The molecule has 0 radical (unpaired) electrons. The fourth-order valence-electron chi connectivity index (χ4n) is 4.13. The molecule has 8 heteroatoms. The maximum atomic E-state index is 12.4. The number of aliphatic hydroxyl groups excluding tert-OH is 1. The van der Waals surface area contributed by atoms with Crippen molar-refractivity contribution in [1.82, 2.24) is 4.98 Å². The van der Waals surface area contributed by atoms with Crippen LogP contribution in [0.2, 0.25) is 0 Å². The molecule has 1 saturated heterocycles. The van der Waals surface area contributed by atoms with E-state index < -0.39 is 6.10 Å². The highest BCUT2D eigenvalue weighted by atomic mass is 16.6. The average molecular weight is 412 g/mol. The molecule has 8 nitrogen and oxygen atoms in total. The molecule has 30 heavy (non-hydrogen) atoms. The Hall–Kier alpha value is -2.97. The first-order chi connectivity index (χ1) is 14.6. The Bertz CT molecular complexity index is 919. The maximum Gasteiger partial charge on any atom is 0.308 e. The normalized spacial score (nSPS) is 24.3. The zero-order valence-corrected chi connectivity index (χ0v) is 16.6. The van der Waals surface area contributed by atoms with E-state index >= 15 is 0 Å². The number of hydrogen-bond donors (Lipinski definition) is 2. The summed E-state index contributed by atoms with van der Waals surface area (Å²) in [6.45, 7) is -0.206. The van der Waals surface area contributed by atoms with Gasteiger partial charge in [0.2, 0.25) is 5.91 Å². The lowest BCUT2D eigenvalue weighted by Gasteiger charge is -2.36. The lowest BCUT2D eigenvalue weighted by Crippen LogP contribution is -2.46. The van der Waals surface area contributed by atoms with Gasteiger partial charge in [-0.15, -0.1) is 0 Å².